The van der Waals surface area contributed by atoms with Crippen molar-refractivity contribution in [1.82, 2.24) is 14.2 Å². The summed E-state index contributed by atoms with van der Waals surface area (Å²) in [7, 11) is -2.82. The number of carbonyl (C=O) groups excluding carboxylic acids is 1. The number of esters is 1. The number of carbonyl (C=O) groups is 1. The molecule has 0 saturated heterocycles. The molecule has 0 fully saturated rings. The zero-order chi connectivity index (χ0) is 26.3. The Kier molecular flexibility index (Phi) is 9.86. The number of aryl methyl sites for hydroxylation is 1. The van der Waals surface area contributed by atoms with Crippen molar-refractivity contribution in [2.45, 2.75) is 45.2 Å². The van der Waals surface area contributed by atoms with Gasteiger partial charge in [-0.05, 0) is 38.5 Å². The number of ether oxygens (including phenoxy) is 2. The van der Waals surface area contributed by atoms with Gasteiger partial charge in [-0.1, -0.05) is 40.2 Å². The van der Waals surface area contributed by atoms with Gasteiger partial charge >= 0.3 is 19.4 Å². The molecule has 0 aliphatic carbocycles. The number of hydrogen-bond donors (Lipinski definition) is 1. The van der Waals surface area contributed by atoms with Gasteiger partial charge in [-0.25, -0.2) is 9.36 Å². The summed E-state index contributed by atoms with van der Waals surface area (Å²) in [6.45, 7) is 3.18. The summed E-state index contributed by atoms with van der Waals surface area (Å²) in [6.07, 6.45) is 3.93. The van der Waals surface area contributed by atoms with Gasteiger partial charge in [0, 0.05) is 23.6 Å². The zero-order valence-electron chi connectivity index (χ0n) is 20.2. The van der Waals surface area contributed by atoms with Crippen molar-refractivity contribution >= 4 is 29.6 Å². The van der Waals surface area contributed by atoms with E-state index < -0.39 is 37.8 Å². The number of aromatic nitrogens is 2. The quantitative estimate of drug-likeness (QED) is 0.173. The molecule has 4 atom stereocenters. The van der Waals surface area contributed by atoms with E-state index in [9.17, 15) is 18.9 Å². The second kappa shape index (κ2) is 12.6. The van der Waals surface area contributed by atoms with Crippen LogP contribution in [0, 0.1) is 6.92 Å². The van der Waals surface area contributed by atoms with Crippen LogP contribution in [0.2, 0.25) is 0 Å². The monoisotopic (exact) mass is 585 g/mol. The maximum Gasteiger partial charge on any atom is 0.459 e. The van der Waals surface area contributed by atoms with E-state index in [1.807, 2.05) is 0 Å². The number of hydrogen-bond acceptors (Lipinski definition) is 8. The van der Waals surface area contributed by atoms with Crippen LogP contribution in [-0.2, 0) is 29.9 Å². The Labute approximate surface area is 216 Å². The van der Waals surface area contributed by atoms with Crippen molar-refractivity contribution in [3.63, 3.8) is 0 Å². The molecule has 1 aromatic heterocycles. The lowest BCUT2D eigenvalue weighted by Gasteiger charge is -2.24. The van der Waals surface area contributed by atoms with Gasteiger partial charge in [0.05, 0.1) is 13.7 Å². The molecule has 11 nitrogen and oxygen atoms in total. The highest BCUT2D eigenvalue weighted by Gasteiger charge is 2.34. The van der Waals surface area contributed by atoms with E-state index in [0.29, 0.717) is 17.3 Å². The molecule has 0 saturated carbocycles. The lowest BCUT2D eigenvalue weighted by Crippen LogP contribution is -2.42. The molecule has 0 radical (unpaired) electrons. The zero-order valence-corrected chi connectivity index (χ0v) is 22.6. The number of alkyl halides is 1. The molecule has 196 valence electrons. The van der Waals surface area contributed by atoms with Crippen LogP contribution in [-0.4, -0.2) is 46.3 Å². The Balaban J connectivity index is 1.73. The number of para-hydroxylation sites is 1. The summed E-state index contributed by atoms with van der Waals surface area (Å²) < 4.78 is 37.8. The normalized spacial score (nSPS) is 19.6. The molecule has 2 aromatic rings. The predicted molar refractivity (Wildman–Crippen MR) is 136 cm³/mol. The molecule has 2 heterocycles. The number of benzene rings is 1. The fourth-order valence-electron chi connectivity index (χ4n) is 3.45. The van der Waals surface area contributed by atoms with Crippen LogP contribution in [0.1, 0.15) is 25.1 Å². The third-order valence-corrected chi connectivity index (χ3v) is 7.45. The molecule has 0 amide bonds. The van der Waals surface area contributed by atoms with Gasteiger partial charge < -0.3 is 14.0 Å². The Bertz CT molecular complexity index is 1250. The first-order valence-corrected chi connectivity index (χ1v) is 13.9. The number of halogens is 1. The van der Waals surface area contributed by atoms with Crippen LogP contribution in [0.4, 0.5) is 0 Å². The van der Waals surface area contributed by atoms with Crippen LogP contribution < -0.4 is 20.9 Å². The molecule has 0 bridgehead atoms. The third-order valence-electron chi connectivity index (χ3n) is 5.25. The van der Waals surface area contributed by atoms with Gasteiger partial charge in [-0.3, -0.25) is 23.2 Å². The van der Waals surface area contributed by atoms with Gasteiger partial charge in [0.25, 0.3) is 5.56 Å². The van der Waals surface area contributed by atoms with Crippen molar-refractivity contribution in [2.75, 3.05) is 19.0 Å². The fraction of sp³-hybridized carbons (Fsp3) is 0.435. The Morgan fingerprint density at radius 1 is 1.25 bits per heavy atom. The first-order valence-electron chi connectivity index (χ1n) is 11.2. The van der Waals surface area contributed by atoms with Crippen molar-refractivity contribution < 1.29 is 27.9 Å². The molecule has 3 rings (SSSR count). The van der Waals surface area contributed by atoms with E-state index in [1.54, 1.807) is 49.4 Å². The molecular weight excluding hydrogens is 557 g/mol. The highest BCUT2D eigenvalue weighted by Crippen LogP contribution is 2.45. The lowest BCUT2D eigenvalue weighted by atomic mass is 10.3. The minimum atomic E-state index is -4.04. The Morgan fingerprint density at radius 2 is 1.97 bits per heavy atom. The van der Waals surface area contributed by atoms with Crippen molar-refractivity contribution in [2.24, 2.45) is 0 Å². The molecule has 1 aliphatic heterocycles. The SMILES string of the molecule is COC(=O)C(C)NP(=O)(OC[C@@H]1C=C[C@H](n2cc(C)c(=O)n(CCCBr)c2=O)O1)Oc1ccccc1. The van der Waals surface area contributed by atoms with Crippen LogP contribution >= 0.6 is 23.7 Å². The average molecular weight is 586 g/mol. The summed E-state index contributed by atoms with van der Waals surface area (Å²) in [5, 5.41) is 3.22. The molecule has 36 heavy (non-hydrogen) atoms. The largest absolute Gasteiger partial charge is 0.468 e. The Hall–Kier alpha value is -2.50. The maximum absolute atomic E-state index is 13.5. The number of nitrogens with one attached hydrogen (secondary N) is 1. The van der Waals surface area contributed by atoms with Gasteiger partial charge in [-0.2, -0.15) is 5.09 Å². The molecule has 1 aliphatic rings. The highest BCUT2D eigenvalue weighted by atomic mass is 79.9. The van der Waals surface area contributed by atoms with Gasteiger partial charge in [-0.15, -0.1) is 0 Å². The summed E-state index contributed by atoms with van der Waals surface area (Å²) in [5.74, 6) is -0.365. The molecule has 2 unspecified atom stereocenters. The van der Waals surface area contributed by atoms with Crippen molar-refractivity contribution in [3.05, 3.63) is 75.1 Å². The predicted octanol–water partition coefficient (Wildman–Crippen LogP) is 2.91. The summed E-state index contributed by atoms with van der Waals surface area (Å²) in [6, 6.07) is 7.40. The van der Waals surface area contributed by atoms with E-state index in [4.69, 9.17) is 13.8 Å². The number of rotatable bonds is 12. The minimum absolute atomic E-state index is 0.199. The smallest absolute Gasteiger partial charge is 0.459 e. The first kappa shape index (κ1) is 28.1. The molecule has 13 heteroatoms. The summed E-state index contributed by atoms with van der Waals surface area (Å²) >= 11 is 3.31. The molecule has 0 spiro atoms. The lowest BCUT2D eigenvalue weighted by molar-refractivity contribution is -0.142. The van der Waals surface area contributed by atoms with E-state index in [0.717, 1.165) is 0 Å². The summed E-state index contributed by atoms with van der Waals surface area (Å²) in [5.41, 5.74) is -0.430. The fourth-order valence-corrected chi connectivity index (χ4v) is 5.20. The molecule has 1 aromatic carbocycles. The second-order valence-corrected chi connectivity index (χ2v) is 10.5. The van der Waals surface area contributed by atoms with Crippen molar-refractivity contribution in [1.29, 1.82) is 0 Å². The highest BCUT2D eigenvalue weighted by molar-refractivity contribution is 9.09. The van der Waals surface area contributed by atoms with E-state index >= 15 is 0 Å². The van der Waals surface area contributed by atoms with Crippen LogP contribution in [0.25, 0.3) is 0 Å². The number of methoxy groups -OCH3 is 1. The topological polar surface area (TPSA) is 127 Å². The average Bonchev–Trinajstić information content (AvgIpc) is 3.34. The van der Waals surface area contributed by atoms with Gasteiger partial charge in [0.1, 0.15) is 17.9 Å². The molecule has 1 N–H and O–H groups in total. The standard InChI is InChI=1S/C23H29BrN3O8P/c1-16-14-27(23(30)26(21(16)28)13-7-12-24)20-11-10-19(34-20)15-33-36(31,25-17(2)22(29)32-3)35-18-8-5-4-6-9-18/h4-6,8-11,14,17,19-20H,7,12-13,15H2,1-3H3,(H,25,31)/t17?,19-,20+,36?/m0/s1. The third kappa shape index (κ3) is 7.04. The summed E-state index contributed by atoms with van der Waals surface area (Å²) in [4.78, 5) is 37.2. The van der Waals surface area contributed by atoms with E-state index in [-0.39, 0.29) is 24.5 Å². The van der Waals surface area contributed by atoms with Crippen LogP contribution in [0.15, 0.2) is 58.3 Å². The van der Waals surface area contributed by atoms with Gasteiger partial charge in [0.2, 0.25) is 0 Å². The molecular formula is C23H29BrN3O8P. The second-order valence-electron chi connectivity index (χ2n) is 8.02. The van der Waals surface area contributed by atoms with E-state index in [2.05, 4.69) is 25.8 Å². The van der Waals surface area contributed by atoms with E-state index in [1.165, 1.54) is 29.4 Å². The first-order chi connectivity index (χ1) is 17.2. The minimum Gasteiger partial charge on any atom is -0.468 e. The van der Waals surface area contributed by atoms with Crippen LogP contribution in [0.3, 0.4) is 0 Å². The maximum atomic E-state index is 13.5. The Morgan fingerprint density at radius 3 is 2.64 bits per heavy atom. The van der Waals surface area contributed by atoms with Gasteiger partial charge in [0.15, 0.2) is 6.23 Å². The number of nitrogens with zero attached hydrogens (tertiary/aromatic N) is 2. The van der Waals surface area contributed by atoms with Crippen LogP contribution in [0.5, 0.6) is 5.75 Å². The van der Waals surface area contributed by atoms with Crippen molar-refractivity contribution in [3.8, 4) is 5.75 Å².